The molecule has 1 N–H and O–H groups in total. The molecule has 9 heteroatoms. The largest absolute Gasteiger partial charge is 0.417 e. The summed E-state index contributed by atoms with van der Waals surface area (Å²) in [5, 5.41) is 1.76. The standard InChI is InChI=1S/C14H16ClF3N2O3/c1-7(2)12(8(3)21)19-11(22)6-20-5-9(14(16,17)18)4-10(15)13(20)23/h4-5,7,12H,6H2,1-3H3,(H,19,22)/t12-/m1/s1. The predicted molar refractivity (Wildman–Crippen MR) is 78.2 cm³/mol. The van der Waals surface area contributed by atoms with E-state index in [9.17, 15) is 27.6 Å². The second kappa shape index (κ2) is 7.16. The number of hydrogen-bond acceptors (Lipinski definition) is 3. The van der Waals surface area contributed by atoms with Crippen LogP contribution in [0.1, 0.15) is 26.3 Å². The summed E-state index contributed by atoms with van der Waals surface area (Å²) in [7, 11) is 0. The van der Waals surface area contributed by atoms with Crippen LogP contribution in [0.25, 0.3) is 0 Å². The van der Waals surface area contributed by atoms with Gasteiger partial charge in [0, 0.05) is 6.20 Å². The lowest BCUT2D eigenvalue weighted by atomic mass is 10.0. The van der Waals surface area contributed by atoms with Crippen molar-refractivity contribution < 1.29 is 22.8 Å². The summed E-state index contributed by atoms with van der Waals surface area (Å²) in [6.45, 7) is 4.04. The van der Waals surface area contributed by atoms with Gasteiger partial charge in [-0.2, -0.15) is 13.2 Å². The van der Waals surface area contributed by atoms with Crippen molar-refractivity contribution in [3.05, 3.63) is 33.2 Å². The summed E-state index contributed by atoms with van der Waals surface area (Å²) >= 11 is 5.50. The maximum absolute atomic E-state index is 12.7. The lowest BCUT2D eigenvalue weighted by Crippen LogP contribution is -2.45. The number of hydrogen-bond donors (Lipinski definition) is 1. The zero-order valence-electron chi connectivity index (χ0n) is 12.7. The van der Waals surface area contributed by atoms with Crippen LogP contribution in [-0.2, 0) is 22.3 Å². The molecule has 0 fully saturated rings. The normalized spacial score (nSPS) is 13.0. The quantitative estimate of drug-likeness (QED) is 0.883. The van der Waals surface area contributed by atoms with Gasteiger partial charge in [-0.25, -0.2) is 0 Å². The third-order valence-corrected chi connectivity index (χ3v) is 3.38. The molecule has 0 aliphatic carbocycles. The second-order valence-electron chi connectivity index (χ2n) is 5.41. The van der Waals surface area contributed by atoms with Crippen molar-refractivity contribution in [3.63, 3.8) is 0 Å². The number of rotatable bonds is 5. The Hall–Kier alpha value is -1.83. The number of alkyl halides is 3. The number of nitrogens with one attached hydrogen (secondary N) is 1. The first kappa shape index (κ1) is 19.2. The Kier molecular flexibility index (Phi) is 5.98. The topological polar surface area (TPSA) is 68.2 Å². The summed E-state index contributed by atoms with van der Waals surface area (Å²) in [6, 6.07) is -0.274. The van der Waals surface area contributed by atoms with Crippen molar-refractivity contribution in [3.8, 4) is 0 Å². The SMILES string of the molecule is CC(=O)[C@H](NC(=O)Cn1cc(C(F)(F)F)cc(Cl)c1=O)C(C)C. The van der Waals surface area contributed by atoms with Gasteiger partial charge in [0.25, 0.3) is 5.56 Å². The van der Waals surface area contributed by atoms with Crippen molar-refractivity contribution in [1.29, 1.82) is 0 Å². The fourth-order valence-corrected chi connectivity index (χ4v) is 2.21. The van der Waals surface area contributed by atoms with E-state index >= 15 is 0 Å². The molecule has 0 saturated heterocycles. The second-order valence-corrected chi connectivity index (χ2v) is 5.81. The number of ketones is 1. The minimum Gasteiger partial charge on any atom is -0.344 e. The number of carbonyl (C=O) groups is 2. The Morgan fingerprint density at radius 3 is 2.35 bits per heavy atom. The van der Waals surface area contributed by atoms with E-state index in [4.69, 9.17) is 11.6 Å². The average molecular weight is 353 g/mol. The molecule has 5 nitrogen and oxygen atoms in total. The van der Waals surface area contributed by atoms with Gasteiger partial charge in [0.2, 0.25) is 5.91 Å². The van der Waals surface area contributed by atoms with Crippen molar-refractivity contribution in [2.75, 3.05) is 0 Å². The van der Waals surface area contributed by atoms with Crippen molar-refractivity contribution in [1.82, 2.24) is 9.88 Å². The summed E-state index contributed by atoms with van der Waals surface area (Å²) in [4.78, 5) is 35.1. The zero-order valence-corrected chi connectivity index (χ0v) is 13.5. The van der Waals surface area contributed by atoms with Crippen LogP contribution in [0.4, 0.5) is 13.2 Å². The first-order chi connectivity index (χ1) is 10.4. The fraction of sp³-hybridized carbons (Fsp3) is 0.500. The Morgan fingerprint density at radius 2 is 1.91 bits per heavy atom. The zero-order chi connectivity index (χ0) is 17.9. The van der Waals surface area contributed by atoms with E-state index in [0.29, 0.717) is 16.8 Å². The van der Waals surface area contributed by atoms with Gasteiger partial charge in [-0.15, -0.1) is 0 Å². The highest BCUT2D eigenvalue weighted by Gasteiger charge is 2.32. The highest BCUT2D eigenvalue weighted by Crippen LogP contribution is 2.29. The predicted octanol–water partition coefficient (Wildman–Crippen LogP) is 2.25. The molecule has 128 valence electrons. The van der Waals surface area contributed by atoms with Crippen LogP contribution in [0.2, 0.25) is 5.02 Å². The molecule has 23 heavy (non-hydrogen) atoms. The molecule has 1 heterocycles. The number of nitrogens with zero attached hydrogens (tertiary/aromatic N) is 1. The molecule has 0 spiro atoms. The maximum atomic E-state index is 12.7. The highest BCUT2D eigenvalue weighted by atomic mass is 35.5. The van der Waals surface area contributed by atoms with E-state index in [1.54, 1.807) is 13.8 Å². The Labute approximate surface area is 135 Å². The van der Waals surface area contributed by atoms with Crippen LogP contribution in [0.5, 0.6) is 0 Å². The van der Waals surface area contributed by atoms with Gasteiger partial charge in [-0.3, -0.25) is 14.4 Å². The van der Waals surface area contributed by atoms with Gasteiger partial charge < -0.3 is 9.88 Å². The van der Waals surface area contributed by atoms with Crippen LogP contribution in [0.15, 0.2) is 17.1 Å². The van der Waals surface area contributed by atoms with Gasteiger partial charge >= 0.3 is 6.18 Å². The fourth-order valence-electron chi connectivity index (χ4n) is 1.98. The summed E-state index contributed by atoms with van der Waals surface area (Å²) in [5.74, 6) is -1.24. The molecular weight excluding hydrogens is 337 g/mol. The Bertz CT molecular complexity index is 668. The maximum Gasteiger partial charge on any atom is 0.417 e. The van der Waals surface area contributed by atoms with Crippen LogP contribution in [-0.4, -0.2) is 22.3 Å². The number of Topliss-reactive ketones (excluding diaryl/α,β-unsaturated/α-hetero) is 1. The highest BCUT2D eigenvalue weighted by molar-refractivity contribution is 6.30. The van der Waals surface area contributed by atoms with Crippen LogP contribution in [0.3, 0.4) is 0 Å². The first-order valence-corrected chi connectivity index (χ1v) is 7.08. The van der Waals surface area contributed by atoms with E-state index < -0.39 is 40.8 Å². The van der Waals surface area contributed by atoms with Crippen LogP contribution in [0, 0.1) is 5.92 Å². The molecule has 1 aromatic heterocycles. The van der Waals surface area contributed by atoms with Crippen molar-refractivity contribution in [2.24, 2.45) is 5.92 Å². The lowest BCUT2D eigenvalue weighted by Gasteiger charge is -2.20. The minimum absolute atomic E-state index is 0.196. The molecule has 0 aromatic carbocycles. The van der Waals surface area contributed by atoms with Crippen LogP contribution >= 0.6 is 11.6 Å². The van der Waals surface area contributed by atoms with E-state index in [1.807, 2.05) is 0 Å². The third-order valence-electron chi connectivity index (χ3n) is 3.10. The molecule has 1 aromatic rings. The monoisotopic (exact) mass is 352 g/mol. The Morgan fingerprint density at radius 1 is 1.35 bits per heavy atom. The van der Waals surface area contributed by atoms with E-state index in [1.165, 1.54) is 6.92 Å². The number of halogens is 4. The average Bonchev–Trinajstić information content (AvgIpc) is 2.39. The van der Waals surface area contributed by atoms with Gasteiger partial charge in [0.05, 0.1) is 11.6 Å². The molecule has 0 saturated carbocycles. The van der Waals surface area contributed by atoms with Gasteiger partial charge in [0.15, 0.2) is 5.78 Å². The molecule has 1 amide bonds. The summed E-state index contributed by atoms with van der Waals surface area (Å²) in [5.41, 5.74) is -2.05. The molecule has 0 unspecified atom stereocenters. The number of amides is 1. The summed E-state index contributed by atoms with van der Waals surface area (Å²) < 4.78 is 38.7. The number of carbonyl (C=O) groups excluding carboxylic acids is 2. The molecule has 0 aliphatic rings. The Balaban J connectivity index is 3.05. The molecule has 1 atom stereocenters. The first-order valence-electron chi connectivity index (χ1n) is 6.70. The minimum atomic E-state index is -4.70. The van der Waals surface area contributed by atoms with Gasteiger partial charge in [0.1, 0.15) is 11.6 Å². The van der Waals surface area contributed by atoms with Gasteiger partial charge in [-0.05, 0) is 18.9 Å². The third kappa shape index (κ3) is 5.09. The van der Waals surface area contributed by atoms with E-state index in [0.717, 1.165) is 0 Å². The van der Waals surface area contributed by atoms with E-state index in [2.05, 4.69) is 5.32 Å². The van der Waals surface area contributed by atoms with Crippen LogP contribution < -0.4 is 10.9 Å². The lowest BCUT2D eigenvalue weighted by molar-refractivity contribution is -0.138. The van der Waals surface area contributed by atoms with Crippen molar-refractivity contribution in [2.45, 2.75) is 39.5 Å². The van der Waals surface area contributed by atoms with E-state index in [-0.39, 0.29) is 11.7 Å². The molecule has 0 aliphatic heterocycles. The molecular formula is C14H16ClF3N2O3. The number of aromatic nitrogens is 1. The molecule has 0 bridgehead atoms. The number of pyridine rings is 1. The van der Waals surface area contributed by atoms with Crippen molar-refractivity contribution >= 4 is 23.3 Å². The molecule has 1 rings (SSSR count). The summed E-state index contributed by atoms with van der Waals surface area (Å²) in [6.07, 6.45) is -4.18. The molecule has 0 radical (unpaired) electrons. The smallest absolute Gasteiger partial charge is 0.344 e. The van der Waals surface area contributed by atoms with Gasteiger partial charge in [-0.1, -0.05) is 25.4 Å².